The number of nitrogens with one attached hydrogen (secondary N) is 1. The number of alkyl halides is 3. The number of rotatable bonds is 4. The molecule has 1 fully saturated rings. The number of nitrogens with zero attached hydrogens (tertiary/aromatic N) is 1. The Labute approximate surface area is 116 Å². The van der Waals surface area contributed by atoms with Gasteiger partial charge in [-0.05, 0) is 24.1 Å². The van der Waals surface area contributed by atoms with E-state index in [-0.39, 0.29) is 12.6 Å². The molecule has 0 amide bonds. The Morgan fingerprint density at radius 3 is 2.25 bits per heavy atom. The Morgan fingerprint density at radius 2 is 1.75 bits per heavy atom. The number of piperazine rings is 1. The van der Waals surface area contributed by atoms with Gasteiger partial charge in [0.1, 0.15) is 0 Å². The van der Waals surface area contributed by atoms with E-state index in [1.54, 1.807) is 0 Å². The van der Waals surface area contributed by atoms with Crippen molar-refractivity contribution < 1.29 is 18.3 Å². The lowest BCUT2D eigenvalue weighted by Crippen LogP contribution is -2.45. The van der Waals surface area contributed by atoms with Crippen LogP contribution in [0.2, 0.25) is 0 Å². The van der Waals surface area contributed by atoms with E-state index < -0.39 is 11.7 Å². The summed E-state index contributed by atoms with van der Waals surface area (Å²) in [5, 5.41) is 12.4. The second kappa shape index (κ2) is 6.56. The SMILES string of the molecule is OCC[C@@H](c1ccc(C(F)(F)F)cc1)N1CCNCC1. The van der Waals surface area contributed by atoms with Gasteiger partial charge in [0.25, 0.3) is 0 Å². The maximum Gasteiger partial charge on any atom is 0.416 e. The van der Waals surface area contributed by atoms with Gasteiger partial charge in [-0.2, -0.15) is 13.2 Å². The van der Waals surface area contributed by atoms with E-state index in [1.807, 2.05) is 0 Å². The Morgan fingerprint density at radius 1 is 1.15 bits per heavy atom. The summed E-state index contributed by atoms with van der Waals surface area (Å²) in [4.78, 5) is 2.20. The Kier molecular flexibility index (Phi) is 5.01. The number of aliphatic hydroxyl groups excluding tert-OH is 1. The standard InChI is InChI=1S/C14H19F3N2O/c15-14(16,17)12-3-1-11(2-4-12)13(5-10-20)19-8-6-18-7-9-19/h1-4,13,18,20H,5-10H2/t13-/m0/s1. The summed E-state index contributed by atoms with van der Waals surface area (Å²) < 4.78 is 37.7. The van der Waals surface area contributed by atoms with Crippen molar-refractivity contribution in [3.8, 4) is 0 Å². The number of aliphatic hydroxyl groups is 1. The molecule has 1 aromatic carbocycles. The van der Waals surface area contributed by atoms with Gasteiger partial charge in [0.15, 0.2) is 0 Å². The normalized spacial score (nSPS) is 19.0. The molecule has 0 radical (unpaired) electrons. The van der Waals surface area contributed by atoms with E-state index in [9.17, 15) is 18.3 Å². The first-order chi connectivity index (χ1) is 9.52. The van der Waals surface area contributed by atoms with Crippen LogP contribution in [0, 0.1) is 0 Å². The van der Waals surface area contributed by atoms with E-state index in [4.69, 9.17) is 0 Å². The van der Waals surface area contributed by atoms with Crippen LogP contribution in [0.3, 0.4) is 0 Å². The van der Waals surface area contributed by atoms with Crippen molar-refractivity contribution in [3.63, 3.8) is 0 Å². The molecule has 1 aliphatic rings. The largest absolute Gasteiger partial charge is 0.416 e. The average Bonchev–Trinajstić information content (AvgIpc) is 2.45. The first-order valence-electron chi connectivity index (χ1n) is 6.75. The van der Waals surface area contributed by atoms with Crippen molar-refractivity contribution in [2.75, 3.05) is 32.8 Å². The molecule has 2 rings (SSSR count). The molecule has 0 bridgehead atoms. The molecule has 1 saturated heterocycles. The van der Waals surface area contributed by atoms with Crippen LogP contribution in [0.1, 0.15) is 23.6 Å². The molecule has 3 nitrogen and oxygen atoms in total. The maximum atomic E-state index is 12.6. The molecule has 112 valence electrons. The molecular weight excluding hydrogens is 269 g/mol. The van der Waals surface area contributed by atoms with Crippen molar-refractivity contribution in [1.29, 1.82) is 0 Å². The predicted molar refractivity (Wildman–Crippen MR) is 70.3 cm³/mol. The quantitative estimate of drug-likeness (QED) is 0.890. The highest BCUT2D eigenvalue weighted by molar-refractivity contribution is 5.27. The third kappa shape index (κ3) is 3.71. The minimum absolute atomic E-state index is 0.0234. The number of halogens is 3. The van der Waals surface area contributed by atoms with Gasteiger partial charge in [0.05, 0.1) is 5.56 Å². The van der Waals surface area contributed by atoms with E-state index in [0.717, 1.165) is 43.9 Å². The fourth-order valence-electron chi connectivity index (χ4n) is 2.57. The van der Waals surface area contributed by atoms with Crippen LogP contribution in [0.5, 0.6) is 0 Å². The summed E-state index contributed by atoms with van der Waals surface area (Å²) >= 11 is 0. The molecule has 1 aromatic rings. The third-order valence-corrected chi connectivity index (χ3v) is 3.62. The number of hydrogen-bond donors (Lipinski definition) is 2. The van der Waals surface area contributed by atoms with Crippen LogP contribution in [-0.4, -0.2) is 42.8 Å². The van der Waals surface area contributed by atoms with Gasteiger partial charge >= 0.3 is 6.18 Å². The van der Waals surface area contributed by atoms with Gasteiger partial charge in [-0.15, -0.1) is 0 Å². The lowest BCUT2D eigenvalue weighted by molar-refractivity contribution is -0.137. The zero-order chi connectivity index (χ0) is 14.6. The highest BCUT2D eigenvalue weighted by atomic mass is 19.4. The maximum absolute atomic E-state index is 12.6. The monoisotopic (exact) mass is 288 g/mol. The fourth-order valence-corrected chi connectivity index (χ4v) is 2.57. The van der Waals surface area contributed by atoms with Gasteiger partial charge < -0.3 is 10.4 Å². The van der Waals surface area contributed by atoms with E-state index in [1.165, 1.54) is 12.1 Å². The molecule has 1 heterocycles. The Balaban J connectivity index is 2.16. The molecular formula is C14H19F3N2O. The topological polar surface area (TPSA) is 35.5 Å². The lowest BCUT2D eigenvalue weighted by atomic mass is 10.00. The van der Waals surface area contributed by atoms with E-state index >= 15 is 0 Å². The second-order valence-corrected chi connectivity index (χ2v) is 4.93. The molecule has 20 heavy (non-hydrogen) atoms. The van der Waals surface area contributed by atoms with Crippen molar-refractivity contribution >= 4 is 0 Å². The molecule has 0 spiro atoms. The Bertz CT molecular complexity index is 413. The summed E-state index contributed by atoms with van der Waals surface area (Å²) in [5.74, 6) is 0. The summed E-state index contributed by atoms with van der Waals surface area (Å²) in [6.45, 7) is 3.43. The van der Waals surface area contributed by atoms with Gasteiger partial charge in [-0.3, -0.25) is 4.90 Å². The summed E-state index contributed by atoms with van der Waals surface area (Å²) in [6, 6.07) is 5.24. The van der Waals surface area contributed by atoms with Crippen molar-refractivity contribution in [1.82, 2.24) is 10.2 Å². The van der Waals surface area contributed by atoms with Gasteiger partial charge in [0.2, 0.25) is 0 Å². The van der Waals surface area contributed by atoms with Crippen LogP contribution < -0.4 is 5.32 Å². The van der Waals surface area contributed by atoms with Crippen LogP contribution in [-0.2, 0) is 6.18 Å². The average molecular weight is 288 g/mol. The number of hydrogen-bond acceptors (Lipinski definition) is 3. The molecule has 1 atom stereocenters. The van der Waals surface area contributed by atoms with Gasteiger partial charge in [-0.1, -0.05) is 12.1 Å². The van der Waals surface area contributed by atoms with Crippen LogP contribution in [0.25, 0.3) is 0 Å². The molecule has 6 heteroatoms. The molecule has 2 N–H and O–H groups in total. The number of benzene rings is 1. The zero-order valence-electron chi connectivity index (χ0n) is 11.2. The molecule has 0 saturated carbocycles. The smallest absolute Gasteiger partial charge is 0.396 e. The summed E-state index contributed by atoms with van der Waals surface area (Å²) in [5.41, 5.74) is 0.193. The highest BCUT2D eigenvalue weighted by Crippen LogP contribution is 2.31. The van der Waals surface area contributed by atoms with Gasteiger partial charge in [-0.25, -0.2) is 0 Å². The molecule has 0 unspecified atom stereocenters. The second-order valence-electron chi connectivity index (χ2n) is 4.93. The fraction of sp³-hybridized carbons (Fsp3) is 0.571. The minimum atomic E-state index is -4.31. The van der Waals surface area contributed by atoms with Crippen LogP contribution in [0.4, 0.5) is 13.2 Å². The van der Waals surface area contributed by atoms with Crippen molar-refractivity contribution in [3.05, 3.63) is 35.4 Å². The molecule has 0 aromatic heterocycles. The Hall–Kier alpha value is -1.11. The van der Waals surface area contributed by atoms with Gasteiger partial charge in [0, 0.05) is 38.8 Å². The first-order valence-corrected chi connectivity index (χ1v) is 6.75. The van der Waals surface area contributed by atoms with Crippen LogP contribution >= 0.6 is 0 Å². The first kappa shape index (κ1) is 15.3. The zero-order valence-corrected chi connectivity index (χ0v) is 11.2. The van der Waals surface area contributed by atoms with Crippen molar-refractivity contribution in [2.24, 2.45) is 0 Å². The molecule has 1 aliphatic heterocycles. The lowest BCUT2D eigenvalue weighted by Gasteiger charge is -2.35. The van der Waals surface area contributed by atoms with E-state index in [0.29, 0.717) is 6.42 Å². The van der Waals surface area contributed by atoms with Crippen molar-refractivity contribution in [2.45, 2.75) is 18.6 Å². The minimum Gasteiger partial charge on any atom is -0.396 e. The van der Waals surface area contributed by atoms with Crippen LogP contribution in [0.15, 0.2) is 24.3 Å². The molecule has 0 aliphatic carbocycles. The van der Waals surface area contributed by atoms with E-state index in [2.05, 4.69) is 10.2 Å². The third-order valence-electron chi connectivity index (χ3n) is 3.62. The summed E-state index contributed by atoms with van der Waals surface area (Å²) in [7, 11) is 0. The highest BCUT2D eigenvalue weighted by Gasteiger charge is 2.30. The predicted octanol–water partition coefficient (Wildman–Crippen LogP) is 2.03. The summed E-state index contributed by atoms with van der Waals surface area (Å²) in [6.07, 6.45) is -3.77.